The van der Waals surface area contributed by atoms with Crippen LogP contribution >= 0.6 is 11.3 Å². The summed E-state index contributed by atoms with van der Waals surface area (Å²) < 4.78 is 9.01. The average molecular weight is 944 g/mol. The Morgan fingerprint density at radius 3 is 2.52 bits per heavy atom. The number of hydrogen-bond donors (Lipinski definition) is 3. The highest BCUT2D eigenvalue weighted by Crippen LogP contribution is 2.36. The number of rotatable bonds is 12. The average Bonchev–Trinajstić information content (AvgIpc) is 4.10. The number of aromatic nitrogens is 4. The fourth-order valence-electron chi connectivity index (χ4n) is 10.7. The maximum Gasteiger partial charge on any atom is 0.354 e. The second-order valence-corrected chi connectivity index (χ2v) is 19.8. The van der Waals surface area contributed by atoms with Crippen LogP contribution in [0.2, 0.25) is 0 Å². The van der Waals surface area contributed by atoms with Crippen molar-refractivity contribution in [2.24, 2.45) is 13.0 Å². The number of hydrogen-bond acceptors (Lipinski definition) is 12. The second kappa shape index (κ2) is 18.7. The number of carboxylic acid groups (broad SMARTS) is 1. The number of ether oxygens (including phenoxy) is 1. The standard InChI is InChI=1S/C53H53N9O6S/c1-59-44-27-37(12-15-40(44)49(58-59)41-16-18-47(63)56-51(41)65)61-25-19-32(29-61)28-60-23-20-34(21-24-60)33-9-13-38(14-10-33)68-31-36-11-17-46(55-48(36)52(66)67)62-26-22-35-5-4-6-39(42(35)30-62)50(64)57-53-54-43-7-2-3-8-45(43)69-53/h2-15,17,27,32,34,41H,16,18-26,28-31H2,1H3,(H,66,67)(H,54,57,64)(H,56,63,65)/t32-,41?/m1/s1. The highest BCUT2D eigenvalue weighted by atomic mass is 32.1. The number of anilines is 3. The van der Waals surface area contributed by atoms with Gasteiger partial charge in [0.2, 0.25) is 11.8 Å². The minimum atomic E-state index is -1.12. The van der Waals surface area contributed by atoms with Crippen LogP contribution in [0.5, 0.6) is 5.75 Å². The number of thiazole rings is 1. The lowest BCUT2D eigenvalue weighted by molar-refractivity contribution is -0.134. The Balaban J connectivity index is 0.664. The topological polar surface area (TPSA) is 175 Å². The number of aryl methyl sites for hydroxylation is 1. The predicted molar refractivity (Wildman–Crippen MR) is 265 cm³/mol. The molecule has 3 amide bonds. The number of carbonyl (C=O) groups excluding carboxylic acids is 3. The van der Waals surface area contributed by atoms with E-state index in [9.17, 15) is 24.3 Å². The summed E-state index contributed by atoms with van der Waals surface area (Å²) in [7, 11) is 1.92. The van der Waals surface area contributed by atoms with Crippen LogP contribution in [0.1, 0.15) is 92.7 Å². The molecule has 3 fully saturated rings. The largest absolute Gasteiger partial charge is 0.489 e. The maximum atomic E-state index is 13.6. The number of likely N-dealkylation sites (tertiary alicyclic amines) is 1. The number of amides is 3. The van der Waals surface area contributed by atoms with Gasteiger partial charge in [-0.15, -0.1) is 0 Å². The first-order chi connectivity index (χ1) is 33.6. The van der Waals surface area contributed by atoms with Gasteiger partial charge >= 0.3 is 5.97 Å². The second-order valence-electron chi connectivity index (χ2n) is 18.8. The molecule has 0 aliphatic carbocycles. The van der Waals surface area contributed by atoms with E-state index in [1.165, 1.54) is 22.6 Å². The highest BCUT2D eigenvalue weighted by Gasteiger charge is 2.33. The summed E-state index contributed by atoms with van der Waals surface area (Å²) in [4.78, 5) is 66.8. The van der Waals surface area contributed by atoms with Gasteiger partial charge in [-0.05, 0) is 134 Å². The summed E-state index contributed by atoms with van der Waals surface area (Å²) in [5.41, 5.74) is 8.00. The smallest absolute Gasteiger partial charge is 0.354 e. The van der Waals surface area contributed by atoms with Crippen LogP contribution < -0.4 is 25.2 Å². The SMILES string of the molecule is Cn1nc(C2CCC(=O)NC2=O)c2ccc(N3CC[C@H](CN4CCC(c5ccc(OCc6ccc(N7CCc8cccc(C(=O)Nc9nc%10ccccc%10s9)c8C7)nc6C(=O)O)cc5)CC4)C3)cc21. The Morgan fingerprint density at radius 1 is 0.870 bits per heavy atom. The number of piperidine rings is 2. The van der Waals surface area contributed by atoms with Crippen LogP contribution in [0, 0.1) is 5.92 Å². The van der Waals surface area contributed by atoms with Gasteiger partial charge in [0, 0.05) is 68.4 Å². The molecule has 3 N–H and O–H groups in total. The molecule has 3 aromatic heterocycles. The van der Waals surface area contributed by atoms with Gasteiger partial charge in [0.25, 0.3) is 5.91 Å². The molecule has 3 saturated heterocycles. The summed E-state index contributed by atoms with van der Waals surface area (Å²) in [5.74, 6) is 0.00388. The number of fused-ring (bicyclic) bond motifs is 3. The predicted octanol–water partition coefficient (Wildman–Crippen LogP) is 7.90. The molecule has 15 nitrogen and oxygen atoms in total. The zero-order valence-electron chi connectivity index (χ0n) is 38.4. The van der Waals surface area contributed by atoms with E-state index in [0.717, 1.165) is 89.9 Å². The molecule has 0 radical (unpaired) electrons. The molecule has 4 aromatic carbocycles. The Morgan fingerprint density at radius 2 is 1.71 bits per heavy atom. The Bertz CT molecular complexity index is 3090. The van der Waals surface area contributed by atoms with E-state index >= 15 is 0 Å². The van der Waals surface area contributed by atoms with Crippen molar-refractivity contribution < 1.29 is 29.0 Å². The maximum absolute atomic E-state index is 13.6. The van der Waals surface area contributed by atoms with Crippen molar-refractivity contribution in [2.75, 3.05) is 54.4 Å². The molecule has 2 atom stereocenters. The summed E-state index contributed by atoms with van der Waals surface area (Å²) in [6.45, 7) is 6.30. The van der Waals surface area contributed by atoms with Gasteiger partial charge in [-0.1, -0.05) is 47.7 Å². The normalized spacial score (nSPS) is 19.0. The molecule has 69 heavy (non-hydrogen) atoms. The van der Waals surface area contributed by atoms with Crippen LogP contribution in [0.15, 0.2) is 97.1 Å². The van der Waals surface area contributed by atoms with E-state index in [-0.39, 0.29) is 30.0 Å². The summed E-state index contributed by atoms with van der Waals surface area (Å²) >= 11 is 1.43. The number of benzene rings is 4. The summed E-state index contributed by atoms with van der Waals surface area (Å²) in [6, 6.07) is 31.8. The van der Waals surface area contributed by atoms with E-state index in [0.29, 0.717) is 72.0 Å². The monoisotopic (exact) mass is 943 g/mol. The number of pyridine rings is 1. The van der Waals surface area contributed by atoms with Gasteiger partial charge in [-0.2, -0.15) is 5.10 Å². The Hall–Kier alpha value is -7.17. The number of aromatic carboxylic acids is 1. The molecule has 11 rings (SSSR count). The fraction of sp³-hybridized carbons (Fsp3) is 0.340. The van der Waals surface area contributed by atoms with Crippen molar-refractivity contribution in [1.29, 1.82) is 0 Å². The van der Waals surface area contributed by atoms with Crippen molar-refractivity contribution in [3.63, 3.8) is 0 Å². The minimum Gasteiger partial charge on any atom is -0.489 e. The molecule has 4 aliphatic rings. The lowest BCUT2D eigenvalue weighted by Gasteiger charge is -2.33. The number of carboxylic acids is 1. The van der Waals surface area contributed by atoms with Crippen LogP contribution in [0.4, 0.5) is 16.6 Å². The zero-order valence-corrected chi connectivity index (χ0v) is 39.2. The zero-order chi connectivity index (χ0) is 47.2. The summed E-state index contributed by atoms with van der Waals surface area (Å²) in [5, 5.41) is 22.0. The molecular weight excluding hydrogens is 891 g/mol. The highest BCUT2D eigenvalue weighted by molar-refractivity contribution is 7.22. The summed E-state index contributed by atoms with van der Waals surface area (Å²) in [6.07, 6.45) is 4.82. The number of imide groups is 1. The lowest BCUT2D eigenvalue weighted by Crippen LogP contribution is -2.39. The van der Waals surface area contributed by atoms with E-state index in [1.54, 1.807) is 6.07 Å². The number of carbonyl (C=O) groups is 4. The van der Waals surface area contributed by atoms with Crippen LogP contribution in [0.25, 0.3) is 21.1 Å². The van der Waals surface area contributed by atoms with E-state index in [2.05, 4.69) is 60.7 Å². The Kier molecular flexibility index (Phi) is 12.0. The number of nitrogens with one attached hydrogen (secondary N) is 2. The van der Waals surface area contributed by atoms with Crippen molar-refractivity contribution in [1.82, 2.24) is 30.0 Å². The van der Waals surface area contributed by atoms with E-state index in [1.807, 2.05) is 77.3 Å². The number of nitrogens with zero attached hydrogens (tertiary/aromatic N) is 7. The van der Waals surface area contributed by atoms with Crippen LogP contribution in [0.3, 0.4) is 0 Å². The van der Waals surface area contributed by atoms with Crippen LogP contribution in [-0.4, -0.2) is 92.7 Å². The molecule has 1 unspecified atom stereocenters. The van der Waals surface area contributed by atoms with Gasteiger partial charge in [-0.3, -0.25) is 29.7 Å². The minimum absolute atomic E-state index is 0.0536. The van der Waals surface area contributed by atoms with Gasteiger partial charge in [0.05, 0.1) is 27.3 Å². The molecule has 7 heterocycles. The van der Waals surface area contributed by atoms with E-state index < -0.39 is 11.9 Å². The van der Waals surface area contributed by atoms with Crippen LogP contribution in [-0.2, 0) is 36.2 Å². The third kappa shape index (κ3) is 9.13. The molecule has 0 saturated carbocycles. The molecule has 0 bridgehead atoms. The Labute approximate surface area is 403 Å². The number of para-hydroxylation sites is 1. The fourth-order valence-corrected chi connectivity index (χ4v) is 11.6. The molecule has 4 aliphatic heterocycles. The molecular formula is C53H53N9O6S. The lowest BCUT2D eigenvalue weighted by atomic mass is 9.89. The first-order valence-electron chi connectivity index (χ1n) is 23.9. The van der Waals surface area contributed by atoms with Crippen molar-refractivity contribution in [2.45, 2.75) is 63.5 Å². The third-order valence-electron chi connectivity index (χ3n) is 14.5. The molecule has 352 valence electrons. The van der Waals surface area contributed by atoms with E-state index in [4.69, 9.17) is 9.84 Å². The van der Waals surface area contributed by atoms with Crippen molar-refractivity contribution >= 4 is 72.8 Å². The quantitative estimate of drug-likeness (QED) is 0.101. The van der Waals surface area contributed by atoms with Crippen molar-refractivity contribution in [3.05, 3.63) is 136 Å². The van der Waals surface area contributed by atoms with Gasteiger partial charge in [-0.25, -0.2) is 14.8 Å². The molecule has 0 spiro atoms. The van der Waals surface area contributed by atoms with Gasteiger partial charge < -0.3 is 24.5 Å². The molecule has 16 heteroatoms. The first kappa shape index (κ1) is 44.3. The van der Waals surface area contributed by atoms with Crippen molar-refractivity contribution in [3.8, 4) is 5.75 Å². The van der Waals surface area contributed by atoms with Gasteiger partial charge in [0.1, 0.15) is 18.2 Å². The third-order valence-corrected chi connectivity index (χ3v) is 15.4. The molecule has 7 aromatic rings. The first-order valence-corrected chi connectivity index (χ1v) is 24.7. The van der Waals surface area contributed by atoms with Gasteiger partial charge in [0.15, 0.2) is 10.8 Å².